The van der Waals surface area contributed by atoms with Crippen LogP contribution in [0.25, 0.3) is 0 Å². The highest BCUT2D eigenvalue weighted by molar-refractivity contribution is 7.47. The first-order valence-corrected chi connectivity index (χ1v) is 31.6. The largest absolute Gasteiger partial charge is 0.472 e. The van der Waals surface area contributed by atoms with Crippen LogP contribution in [0.15, 0.2) is 146 Å². The van der Waals surface area contributed by atoms with Crippen molar-refractivity contribution in [2.45, 2.75) is 219 Å². The number of nitrogens with zero attached hydrogens (tertiary/aromatic N) is 1. The number of hydrogen-bond acceptors (Lipinski definition) is 7. The Morgan fingerprint density at radius 1 is 0.416 bits per heavy atom. The van der Waals surface area contributed by atoms with Crippen molar-refractivity contribution >= 4 is 19.8 Å². The molecule has 0 aromatic carbocycles. The molecular weight excluding hydrogens is 978 g/mol. The number of carbonyl (C=O) groups is 2. The van der Waals surface area contributed by atoms with Gasteiger partial charge in [-0.05, 0) is 122 Å². The summed E-state index contributed by atoms with van der Waals surface area (Å²) in [6, 6.07) is 0. The third kappa shape index (κ3) is 61.0. The normalized spacial score (nSPS) is 14.3. The maximum atomic E-state index is 12.8. The van der Waals surface area contributed by atoms with E-state index in [4.69, 9.17) is 18.5 Å². The Morgan fingerprint density at radius 2 is 0.740 bits per heavy atom. The summed E-state index contributed by atoms with van der Waals surface area (Å²) in [5.74, 6) is -0.847. The summed E-state index contributed by atoms with van der Waals surface area (Å²) in [5.41, 5.74) is 0. The van der Waals surface area contributed by atoms with Gasteiger partial charge in [0.25, 0.3) is 0 Å². The van der Waals surface area contributed by atoms with E-state index in [0.29, 0.717) is 17.4 Å². The lowest BCUT2D eigenvalue weighted by atomic mass is 10.1. The number of phosphoric ester groups is 1. The minimum Gasteiger partial charge on any atom is -0.462 e. The zero-order valence-electron chi connectivity index (χ0n) is 49.4. The summed E-state index contributed by atoms with van der Waals surface area (Å²) in [6.45, 7) is 4.24. The van der Waals surface area contributed by atoms with Crippen LogP contribution in [0.3, 0.4) is 0 Å². The average molecular weight is 1090 g/mol. The number of rotatable bonds is 53. The van der Waals surface area contributed by atoms with E-state index in [9.17, 15) is 19.0 Å². The van der Waals surface area contributed by atoms with Gasteiger partial charge in [-0.25, -0.2) is 4.57 Å². The molecule has 0 saturated carbocycles. The Morgan fingerprint density at radius 3 is 1.10 bits per heavy atom. The third-order valence-electron chi connectivity index (χ3n) is 12.1. The van der Waals surface area contributed by atoms with Gasteiger partial charge < -0.3 is 18.9 Å². The standard InChI is InChI=1S/C67H110NO8P/c1-6-8-10-12-14-16-18-20-22-24-26-27-28-29-30-31-32-33-34-35-36-37-38-39-40-41-42-44-46-48-50-52-54-56-58-60-67(70)76-65(64-75-77(71,72)74-62-61-68(3,4)5)63-73-66(69)59-57-55-53-51-49-47-45-43-25-23-21-19-17-15-13-11-9-7-2/h8,10,14,16-17,19-20,22-23,25-27,29-30,32-33,35-36,38-39,41-42,46,48,65H,6-7,9,11-13,15,18,21,24,28,31,34,37,40,43-45,47,49-64H2,1-5H3/p+1/b10-8-,16-14-,19-17-,22-20-,25-23-,27-26-,30-29-,33-32-,36-35-,39-38-,42-41-,48-46-. The number of likely N-dealkylation sites (N-methyl/N-ethyl adjacent to an activating group) is 1. The topological polar surface area (TPSA) is 108 Å². The van der Waals surface area contributed by atoms with Gasteiger partial charge in [0.05, 0.1) is 27.7 Å². The molecule has 10 heteroatoms. The summed E-state index contributed by atoms with van der Waals surface area (Å²) < 4.78 is 34.5. The molecule has 2 atom stereocenters. The summed E-state index contributed by atoms with van der Waals surface area (Å²) in [4.78, 5) is 35.7. The Hall–Kier alpha value is -4.11. The van der Waals surface area contributed by atoms with Crippen LogP contribution in [-0.4, -0.2) is 74.9 Å². The van der Waals surface area contributed by atoms with Crippen LogP contribution in [-0.2, 0) is 32.7 Å². The highest BCUT2D eigenvalue weighted by Crippen LogP contribution is 2.43. The first-order chi connectivity index (χ1) is 37.5. The van der Waals surface area contributed by atoms with E-state index in [1.54, 1.807) is 0 Å². The highest BCUT2D eigenvalue weighted by atomic mass is 31.2. The summed E-state index contributed by atoms with van der Waals surface area (Å²) >= 11 is 0. The van der Waals surface area contributed by atoms with E-state index in [1.165, 1.54) is 51.4 Å². The quantitative estimate of drug-likeness (QED) is 0.0211. The number of hydrogen-bond donors (Lipinski definition) is 1. The molecule has 0 heterocycles. The zero-order valence-corrected chi connectivity index (χ0v) is 50.3. The van der Waals surface area contributed by atoms with Gasteiger partial charge in [-0.15, -0.1) is 0 Å². The molecule has 0 bridgehead atoms. The molecule has 0 aromatic heterocycles. The number of quaternary nitrogens is 1. The fourth-order valence-corrected chi connectivity index (χ4v) is 8.23. The number of allylic oxidation sites excluding steroid dienone is 24. The first-order valence-electron chi connectivity index (χ1n) is 30.1. The monoisotopic (exact) mass is 1090 g/mol. The van der Waals surface area contributed by atoms with Gasteiger partial charge in [0.2, 0.25) is 0 Å². The lowest BCUT2D eigenvalue weighted by molar-refractivity contribution is -0.870. The summed E-state index contributed by atoms with van der Waals surface area (Å²) in [5, 5.41) is 0. The van der Waals surface area contributed by atoms with Crippen LogP contribution in [0.4, 0.5) is 0 Å². The second kappa shape index (κ2) is 56.6. The molecule has 0 saturated heterocycles. The summed E-state index contributed by atoms with van der Waals surface area (Å²) in [7, 11) is 1.43. The van der Waals surface area contributed by atoms with Crippen molar-refractivity contribution in [2.75, 3.05) is 47.5 Å². The molecule has 436 valence electrons. The van der Waals surface area contributed by atoms with E-state index in [2.05, 4.69) is 160 Å². The van der Waals surface area contributed by atoms with Gasteiger partial charge in [-0.3, -0.25) is 18.6 Å². The number of phosphoric acid groups is 1. The minimum atomic E-state index is -4.41. The van der Waals surface area contributed by atoms with E-state index in [-0.39, 0.29) is 32.0 Å². The van der Waals surface area contributed by atoms with E-state index in [1.807, 2.05) is 21.1 Å². The van der Waals surface area contributed by atoms with Gasteiger partial charge in [0.1, 0.15) is 19.8 Å². The second-order valence-electron chi connectivity index (χ2n) is 20.6. The number of unbranched alkanes of at least 4 members (excludes halogenated alkanes) is 15. The molecule has 0 amide bonds. The van der Waals surface area contributed by atoms with Crippen LogP contribution in [0.5, 0.6) is 0 Å². The molecular formula is C67H111NO8P+. The van der Waals surface area contributed by atoms with Crippen molar-refractivity contribution in [3.63, 3.8) is 0 Å². The van der Waals surface area contributed by atoms with Crippen LogP contribution in [0.2, 0.25) is 0 Å². The molecule has 0 spiro atoms. The van der Waals surface area contributed by atoms with Crippen LogP contribution in [0, 0.1) is 0 Å². The van der Waals surface area contributed by atoms with Crippen LogP contribution in [0.1, 0.15) is 213 Å². The van der Waals surface area contributed by atoms with Gasteiger partial charge in [-0.2, -0.15) is 0 Å². The second-order valence-corrected chi connectivity index (χ2v) is 22.1. The molecule has 1 N–H and O–H groups in total. The minimum absolute atomic E-state index is 0.0168. The van der Waals surface area contributed by atoms with E-state index < -0.39 is 26.5 Å². The predicted octanol–water partition coefficient (Wildman–Crippen LogP) is 19.1. The Kier molecular flexibility index (Phi) is 53.6. The van der Waals surface area contributed by atoms with Crippen molar-refractivity contribution < 1.29 is 42.1 Å². The number of ether oxygens (including phenoxy) is 2. The van der Waals surface area contributed by atoms with Crippen molar-refractivity contribution in [3.8, 4) is 0 Å². The molecule has 0 radical (unpaired) electrons. The van der Waals surface area contributed by atoms with Crippen molar-refractivity contribution in [3.05, 3.63) is 146 Å². The van der Waals surface area contributed by atoms with E-state index in [0.717, 1.165) is 128 Å². The van der Waals surface area contributed by atoms with E-state index >= 15 is 0 Å². The molecule has 0 aliphatic carbocycles. The Labute approximate surface area is 472 Å². The Balaban J connectivity index is 4.26. The number of carbonyl (C=O) groups excluding carboxylic acids is 2. The smallest absolute Gasteiger partial charge is 0.462 e. The molecule has 0 fully saturated rings. The zero-order chi connectivity index (χ0) is 56.3. The van der Waals surface area contributed by atoms with Gasteiger partial charge >= 0.3 is 19.8 Å². The Bertz CT molecular complexity index is 1810. The van der Waals surface area contributed by atoms with Crippen molar-refractivity contribution in [1.29, 1.82) is 0 Å². The maximum Gasteiger partial charge on any atom is 0.472 e. The lowest BCUT2D eigenvalue weighted by Crippen LogP contribution is -2.37. The molecule has 77 heavy (non-hydrogen) atoms. The first kappa shape index (κ1) is 72.9. The summed E-state index contributed by atoms with van der Waals surface area (Å²) in [6.07, 6.45) is 83.4. The highest BCUT2D eigenvalue weighted by Gasteiger charge is 2.27. The predicted molar refractivity (Wildman–Crippen MR) is 330 cm³/mol. The molecule has 0 aliphatic heterocycles. The molecule has 0 aliphatic rings. The fraction of sp³-hybridized carbons (Fsp3) is 0.612. The molecule has 0 rings (SSSR count). The lowest BCUT2D eigenvalue weighted by Gasteiger charge is -2.24. The van der Waals surface area contributed by atoms with Crippen LogP contribution < -0.4 is 0 Å². The average Bonchev–Trinajstić information content (AvgIpc) is 3.39. The molecule has 2 unspecified atom stereocenters. The molecule has 0 aromatic rings. The van der Waals surface area contributed by atoms with Gasteiger partial charge in [-0.1, -0.05) is 224 Å². The fourth-order valence-electron chi connectivity index (χ4n) is 7.48. The van der Waals surface area contributed by atoms with Gasteiger partial charge in [0.15, 0.2) is 6.10 Å². The molecule has 9 nitrogen and oxygen atoms in total. The van der Waals surface area contributed by atoms with Crippen molar-refractivity contribution in [2.24, 2.45) is 0 Å². The van der Waals surface area contributed by atoms with Gasteiger partial charge in [0, 0.05) is 12.8 Å². The van der Waals surface area contributed by atoms with Crippen LogP contribution >= 0.6 is 7.82 Å². The number of esters is 2. The SMILES string of the molecule is CC/C=C\C/C=C\C/C=C\C/C=C\C/C=C\C/C=C\C/C=C\C/C=C\C/C=C\C/C=C\CCCCCCC(=O)OC(COC(=O)CCCCCCCCC/C=C\C/C=C\CCCCCC)COP(=O)(O)OCC[N+](C)(C)C. The maximum absolute atomic E-state index is 12.8. The van der Waals surface area contributed by atoms with Crippen molar-refractivity contribution in [1.82, 2.24) is 0 Å². The third-order valence-corrected chi connectivity index (χ3v) is 13.1.